The van der Waals surface area contributed by atoms with Crippen molar-refractivity contribution in [1.82, 2.24) is 0 Å². The molecule has 3 aromatic carbocycles. The lowest BCUT2D eigenvalue weighted by molar-refractivity contribution is -0.426. The van der Waals surface area contributed by atoms with Crippen molar-refractivity contribution in [2.24, 2.45) is 0 Å². The van der Waals surface area contributed by atoms with Gasteiger partial charge < -0.3 is 24.4 Å². The molecule has 0 radical (unpaired) electrons. The molecule has 0 saturated heterocycles. The molecule has 2 unspecified atom stereocenters. The van der Waals surface area contributed by atoms with Gasteiger partial charge in [0.15, 0.2) is 0 Å². The number of rotatable bonds is 13. The molecule has 0 aromatic heterocycles. The van der Waals surface area contributed by atoms with E-state index >= 15 is 0 Å². The van der Waals surface area contributed by atoms with Gasteiger partial charge in [-0.1, -0.05) is 91.0 Å². The normalized spacial score (nSPS) is 13.6. The van der Waals surface area contributed by atoms with Crippen LogP contribution in [0.15, 0.2) is 91.0 Å². The van der Waals surface area contributed by atoms with Gasteiger partial charge in [-0.25, -0.2) is 0 Å². The predicted octanol–water partition coefficient (Wildman–Crippen LogP) is 4.81. The quantitative estimate of drug-likeness (QED) is 0.376. The predicted molar refractivity (Wildman–Crippen MR) is 123 cm³/mol. The highest BCUT2D eigenvalue weighted by atomic mass is 16.9. The van der Waals surface area contributed by atoms with Crippen LogP contribution >= 0.6 is 0 Å². The highest BCUT2D eigenvalue weighted by molar-refractivity contribution is 5.15. The van der Waals surface area contributed by atoms with E-state index in [2.05, 4.69) is 0 Å². The van der Waals surface area contributed by atoms with Crippen molar-refractivity contribution in [3.63, 3.8) is 0 Å². The maximum atomic E-state index is 11.2. The topological polar surface area (TPSA) is 68.2 Å². The van der Waals surface area contributed by atoms with Gasteiger partial charge in [-0.2, -0.15) is 0 Å². The van der Waals surface area contributed by atoms with Crippen LogP contribution in [0, 0.1) is 0 Å². The molecule has 5 heteroatoms. The van der Waals surface area contributed by atoms with Gasteiger partial charge in [-0.15, -0.1) is 0 Å². The van der Waals surface area contributed by atoms with Crippen LogP contribution in [0.3, 0.4) is 0 Å². The molecule has 0 amide bonds. The van der Waals surface area contributed by atoms with Crippen molar-refractivity contribution in [2.75, 3.05) is 0 Å². The van der Waals surface area contributed by atoms with Gasteiger partial charge in [0.25, 0.3) is 0 Å². The molecular formula is C27H32O5. The molecule has 32 heavy (non-hydrogen) atoms. The molecule has 2 N–H and O–H groups in total. The Kier molecular flexibility index (Phi) is 9.41. The summed E-state index contributed by atoms with van der Waals surface area (Å²) in [4.78, 5) is 0. The van der Waals surface area contributed by atoms with Gasteiger partial charge in [0.1, 0.15) is 6.10 Å². The first-order chi connectivity index (χ1) is 15.6. The Bertz CT molecular complexity index is 778. The summed E-state index contributed by atoms with van der Waals surface area (Å²) in [6.45, 7) is 2.30. The van der Waals surface area contributed by atoms with Crippen LogP contribution in [0.5, 0.6) is 0 Å². The second-order valence-corrected chi connectivity index (χ2v) is 7.87. The number of benzene rings is 3. The molecule has 0 spiro atoms. The lowest BCUT2D eigenvalue weighted by Crippen LogP contribution is -2.50. The summed E-state index contributed by atoms with van der Waals surface area (Å²) in [6.07, 6.45) is -1.01. The lowest BCUT2D eigenvalue weighted by atomic mass is 10.1. The largest absolute Gasteiger partial charge is 0.393 e. The molecule has 0 aliphatic rings. The minimum atomic E-state index is -1.70. The maximum Gasteiger partial charge on any atom is 0.311 e. The standard InChI is InChI=1S/C27H32O5/c1-22(28)17-18-26(29)27(30-19-23-11-5-2-6-12-23,31-20-24-13-7-3-8-14-24)32-21-25-15-9-4-10-16-25/h2-16,22,26,28-29H,17-21H2,1H3. The minimum Gasteiger partial charge on any atom is -0.393 e. The van der Waals surface area contributed by atoms with Crippen LogP contribution in [0.4, 0.5) is 0 Å². The SMILES string of the molecule is CC(O)CCC(O)C(OCc1ccccc1)(OCc1ccccc1)OCc1ccccc1. The van der Waals surface area contributed by atoms with Crippen LogP contribution in [0.25, 0.3) is 0 Å². The molecule has 170 valence electrons. The summed E-state index contributed by atoms with van der Waals surface area (Å²) in [7, 11) is 0. The molecule has 0 fully saturated rings. The van der Waals surface area contributed by atoms with E-state index in [1.165, 1.54) is 0 Å². The van der Waals surface area contributed by atoms with Gasteiger partial charge in [-0.05, 0) is 36.5 Å². The van der Waals surface area contributed by atoms with Gasteiger partial charge in [-0.3, -0.25) is 0 Å². The van der Waals surface area contributed by atoms with E-state index in [4.69, 9.17) is 14.2 Å². The van der Waals surface area contributed by atoms with Gasteiger partial charge in [0.2, 0.25) is 0 Å². The number of aliphatic hydroxyl groups excluding tert-OH is 2. The maximum absolute atomic E-state index is 11.2. The lowest BCUT2D eigenvalue weighted by Gasteiger charge is -2.37. The molecule has 0 heterocycles. The van der Waals surface area contributed by atoms with Crippen molar-refractivity contribution in [1.29, 1.82) is 0 Å². The van der Waals surface area contributed by atoms with Crippen molar-refractivity contribution in [2.45, 2.75) is 57.8 Å². The first-order valence-corrected chi connectivity index (χ1v) is 11.0. The smallest absolute Gasteiger partial charge is 0.311 e. The van der Waals surface area contributed by atoms with E-state index in [-0.39, 0.29) is 26.2 Å². The Morgan fingerprint density at radius 2 is 0.938 bits per heavy atom. The minimum absolute atomic E-state index is 0.205. The van der Waals surface area contributed by atoms with Crippen molar-refractivity contribution in [3.8, 4) is 0 Å². The van der Waals surface area contributed by atoms with E-state index in [0.29, 0.717) is 6.42 Å². The Hall–Kier alpha value is -2.54. The van der Waals surface area contributed by atoms with Crippen LogP contribution in [0.2, 0.25) is 0 Å². The zero-order valence-electron chi connectivity index (χ0n) is 18.5. The molecule has 2 atom stereocenters. The third-order valence-electron chi connectivity index (χ3n) is 5.11. The Morgan fingerprint density at radius 1 is 0.594 bits per heavy atom. The number of ether oxygens (including phenoxy) is 3. The Morgan fingerprint density at radius 3 is 1.25 bits per heavy atom. The molecule has 3 aromatic rings. The first kappa shape index (κ1) is 24.1. The average Bonchev–Trinajstić information content (AvgIpc) is 2.84. The number of hydrogen-bond donors (Lipinski definition) is 2. The molecule has 0 aliphatic heterocycles. The monoisotopic (exact) mass is 436 g/mol. The van der Waals surface area contributed by atoms with Crippen molar-refractivity contribution in [3.05, 3.63) is 108 Å². The van der Waals surface area contributed by atoms with E-state index in [1.54, 1.807) is 6.92 Å². The first-order valence-electron chi connectivity index (χ1n) is 11.0. The number of hydrogen-bond acceptors (Lipinski definition) is 5. The second-order valence-electron chi connectivity index (χ2n) is 7.87. The van der Waals surface area contributed by atoms with Crippen molar-refractivity contribution < 1.29 is 24.4 Å². The third kappa shape index (κ3) is 7.55. The highest BCUT2D eigenvalue weighted by Crippen LogP contribution is 2.29. The highest BCUT2D eigenvalue weighted by Gasteiger charge is 2.42. The van der Waals surface area contributed by atoms with Crippen LogP contribution in [-0.4, -0.2) is 28.4 Å². The zero-order chi connectivity index (χ0) is 22.7. The third-order valence-corrected chi connectivity index (χ3v) is 5.11. The molecular weight excluding hydrogens is 404 g/mol. The van der Waals surface area contributed by atoms with Gasteiger partial charge in [0, 0.05) is 0 Å². The molecule has 0 aliphatic carbocycles. The van der Waals surface area contributed by atoms with Crippen LogP contribution < -0.4 is 0 Å². The zero-order valence-corrected chi connectivity index (χ0v) is 18.5. The summed E-state index contributed by atoms with van der Waals surface area (Å²) in [5.74, 6) is -1.70. The molecule has 5 nitrogen and oxygen atoms in total. The summed E-state index contributed by atoms with van der Waals surface area (Å²) < 4.78 is 18.5. The average molecular weight is 437 g/mol. The fourth-order valence-electron chi connectivity index (χ4n) is 3.26. The second kappa shape index (κ2) is 12.5. The summed E-state index contributed by atoms with van der Waals surface area (Å²) in [6, 6.07) is 29.1. The van der Waals surface area contributed by atoms with Gasteiger partial charge >= 0.3 is 5.97 Å². The Balaban J connectivity index is 1.83. The summed E-state index contributed by atoms with van der Waals surface area (Å²) >= 11 is 0. The number of aliphatic hydroxyl groups is 2. The van der Waals surface area contributed by atoms with Crippen LogP contribution in [0.1, 0.15) is 36.5 Å². The van der Waals surface area contributed by atoms with E-state index < -0.39 is 18.2 Å². The molecule has 3 rings (SSSR count). The van der Waals surface area contributed by atoms with E-state index in [0.717, 1.165) is 16.7 Å². The summed E-state index contributed by atoms with van der Waals surface area (Å²) in [5.41, 5.74) is 2.81. The summed E-state index contributed by atoms with van der Waals surface area (Å²) in [5, 5.41) is 20.9. The van der Waals surface area contributed by atoms with Crippen LogP contribution in [-0.2, 0) is 34.0 Å². The van der Waals surface area contributed by atoms with Crippen molar-refractivity contribution >= 4 is 0 Å². The Labute approximate surface area is 190 Å². The fraction of sp³-hybridized carbons (Fsp3) is 0.333. The van der Waals surface area contributed by atoms with E-state index in [9.17, 15) is 10.2 Å². The molecule has 0 saturated carbocycles. The van der Waals surface area contributed by atoms with E-state index in [1.807, 2.05) is 91.0 Å². The molecule has 0 bridgehead atoms. The van der Waals surface area contributed by atoms with Gasteiger partial charge in [0.05, 0.1) is 25.9 Å². The fourth-order valence-corrected chi connectivity index (χ4v) is 3.26.